The molecule has 1 aliphatic carbocycles. The molecule has 0 spiro atoms. The fourth-order valence-corrected chi connectivity index (χ4v) is 2.56. The third-order valence-electron chi connectivity index (χ3n) is 3.74. The Labute approximate surface area is 123 Å². The highest BCUT2D eigenvalue weighted by Gasteiger charge is 2.17. The van der Waals surface area contributed by atoms with Gasteiger partial charge in [-0.05, 0) is 55.9 Å². The Morgan fingerprint density at radius 3 is 2.86 bits per heavy atom. The molecule has 1 aromatic heterocycles. The summed E-state index contributed by atoms with van der Waals surface area (Å²) >= 11 is 0. The van der Waals surface area contributed by atoms with Crippen molar-refractivity contribution in [2.45, 2.75) is 32.6 Å². The number of benzene rings is 1. The van der Waals surface area contributed by atoms with E-state index in [-0.39, 0.29) is 11.7 Å². The first-order valence-electron chi connectivity index (χ1n) is 7.04. The van der Waals surface area contributed by atoms with E-state index in [0.717, 1.165) is 42.5 Å². The summed E-state index contributed by atoms with van der Waals surface area (Å²) in [7, 11) is 0. The van der Waals surface area contributed by atoms with Gasteiger partial charge in [0.05, 0.1) is 0 Å². The van der Waals surface area contributed by atoms with Gasteiger partial charge in [0.15, 0.2) is 0 Å². The monoisotopic (exact) mass is 282 g/mol. The molecule has 0 fully saturated rings. The number of aryl methyl sites for hydroxylation is 3. The molecule has 3 rings (SSSR count). The third kappa shape index (κ3) is 2.73. The predicted octanol–water partition coefficient (Wildman–Crippen LogP) is 4.07. The molecule has 0 aliphatic heterocycles. The van der Waals surface area contributed by atoms with Crippen LogP contribution in [0.1, 0.15) is 35.2 Å². The third-order valence-corrected chi connectivity index (χ3v) is 3.74. The molecule has 3 nitrogen and oxygen atoms in total. The maximum Gasteiger partial charge on any atom is 0.237 e. The molecular weight excluding hydrogens is 267 g/mol. The Balaban J connectivity index is 2.02. The number of aromatic nitrogens is 1. The molecule has 0 amide bonds. The summed E-state index contributed by atoms with van der Waals surface area (Å²) < 4.78 is 19.0. The Bertz CT molecular complexity index is 734. The van der Waals surface area contributed by atoms with E-state index in [1.807, 2.05) is 13.0 Å². The van der Waals surface area contributed by atoms with Gasteiger partial charge in [-0.1, -0.05) is 6.07 Å². The molecule has 0 saturated carbocycles. The minimum atomic E-state index is -0.368. The van der Waals surface area contributed by atoms with Gasteiger partial charge in [0.25, 0.3) is 0 Å². The molecule has 0 N–H and O–H groups in total. The van der Waals surface area contributed by atoms with Crippen molar-refractivity contribution in [2.24, 2.45) is 0 Å². The van der Waals surface area contributed by atoms with E-state index in [2.05, 4.69) is 11.1 Å². The second kappa shape index (κ2) is 5.53. The summed E-state index contributed by atoms with van der Waals surface area (Å²) in [5, 5.41) is 9.28. The van der Waals surface area contributed by atoms with E-state index in [0.29, 0.717) is 11.3 Å². The lowest BCUT2D eigenvalue weighted by Gasteiger charge is -2.17. The number of rotatable bonds is 2. The summed E-state index contributed by atoms with van der Waals surface area (Å²) in [6.07, 6.45) is 4.09. The number of hydrogen-bond donors (Lipinski definition) is 0. The molecule has 0 unspecified atom stereocenters. The molecule has 0 atom stereocenters. The van der Waals surface area contributed by atoms with Crippen LogP contribution < -0.4 is 4.74 Å². The first-order chi connectivity index (χ1) is 10.2. The van der Waals surface area contributed by atoms with Gasteiger partial charge in [0.1, 0.15) is 23.2 Å². The zero-order valence-corrected chi connectivity index (χ0v) is 11.8. The fraction of sp³-hybridized carbons (Fsp3) is 0.294. The smallest absolute Gasteiger partial charge is 0.237 e. The SMILES string of the molecule is Cc1ccc(F)cc1Oc1nc2c(cc1C#N)CCCC2. The number of halogens is 1. The highest BCUT2D eigenvalue weighted by atomic mass is 19.1. The molecule has 21 heavy (non-hydrogen) atoms. The van der Waals surface area contributed by atoms with Crippen molar-refractivity contribution in [3.05, 3.63) is 52.5 Å². The van der Waals surface area contributed by atoms with Crippen LogP contribution in [0.5, 0.6) is 11.6 Å². The maximum atomic E-state index is 13.3. The Morgan fingerprint density at radius 1 is 1.24 bits per heavy atom. The first kappa shape index (κ1) is 13.6. The van der Waals surface area contributed by atoms with Gasteiger partial charge >= 0.3 is 0 Å². The molecule has 0 radical (unpaired) electrons. The number of nitriles is 1. The van der Waals surface area contributed by atoms with Crippen LogP contribution in [0.15, 0.2) is 24.3 Å². The average Bonchev–Trinajstić information content (AvgIpc) is 2.50. The summed E-state index contributed by atoms with van der Waals surface area (Å²) in [5.74, 6) is 0.300. The van der Waals surface area contributed by atoms with E-state index in [4.69, 9.17) is 4.74 Å². The second-order valence-electron chi connectivity index (χ2n) is 5.28. The first-order valence-corrected chi connectivity index (χ1v) is 7.04. The van der Waals surface area contributed by atoms with Gasteiger partial charge in [-0.15, -0.1) is 0 Å². The van der Waals surface area contributed by atoms with Crippen molar-refractivity contribution in [2.75, 3.05) is 0 Å². The van der Waals surface area contributed by atoms with Gasteiger partial charge in [-0.25, -0.2) is 9.37 Å². The molecule has 1 heterocycles. The number of pyridine rings is 1. The van der Waals surface area contributed by atoms with E-state index in [1.54, 1.807) is 6.07 Å². The van der Waals surface area contributed by atoms with Crippen molar-refractivity contribution in [1.29, 1.82) is 5.26 Å². The number of fused-ring (bicyclic) bond motifs is 1. The van der Waals surface area contributed by atoms with E-state index >= 15 is 0 Å². The van der Waals surface area contributed by atoms with E-state index < -0.39 is 0 Å². The maximum absolute atomic E-state index is 13.3. The topological polar surface area (TPSA) is 45.9 Å². The normalized spacial score (nSPS) is 13.4. The van der Waals surface area contributed by atoms with Gasteiger partial charge in [0, 0.05) is 11.8 Å². The fourth-order valence-electron chi connectivity index (χ4n) is 2.56. The quantitative estimate of drug-likeness (QED) is 0.834. The standard InChI is InChI=1S/C17H15FN2O/c1-11-6-7-14(18)9-16(11)21-17-13(10-19)8-12-4-2-3-5-15(12)20-17/h6-9H,2-5H2,1H3. The Hall–Kier alpha value is -2.41. The van der Waals surface area contributed by atoms with Crippen LogP contribution in [0.3, 0.4) is 0 Å². The average molecular weight is 282 g/mol. The molecule has 4 heteroatoms. The molecular formula is C17H15FN2O. The number of ether oxygens (including phenoxy) is 1. The lowest BCUT2D eigenvalue weighted by Crippen LogP contribution is -2.07. The lowest BCUT2D eigenvalue weighted by molar-refractivity contribution is 0.448. The molecule has 106 valence electrons. The van der Waals surface area contributed by atoms with Crippen LogP contribution >= 0.6 is 0 Å². The van der Waals surface area contributed by atoms with Gasteiger partial charge in [-0.3, -0.25) is 0 Å². The van der Waals surface area contributed by atoms with Crippen LogP contribution in [0, 0.1) is 24.1 Å². The van der Waals surface area contributed by atoms with Crippen LogP contribution in [0.2, 0.25) is 0 Å². The lowest BCUT2D eigenvalue weighted by atomic mass is 9.95. The molecule has 1 aromatic carbocycles. The van der Waals surface area contributed by atoms with Crippen molar-refractivity contribution < 1.29 is 9.13 Å². The molecule has 0 saturated heterocycles. The van der Waals surface area contributed by atoms with Crippen LogP contribution in [0.4, 0.5) is 4.39 Å². The summed E-state index contributed by atoms with van der Waals surface area (Å²) in [4.78, 5) is 4.48. The van der Waals surface area contributed by atoms with Crippen molar-refractivity contribution in [3.63, 3.8) is 0 Å². The summed E-state index contributed by atoms with van der Waals surface area (Å²) in [6, 6.07) is 8.32. The summed E-state index contributed by atoms with van der Waals surface area (Å²) in [5.41, 5.74) is 3.32. The van der Waals surface area contributed by atoms with Crippen LogP contribution in [0.25, 0.3) is 0 Å². The predicted molar refractivity (Wildman–Crippen MR) is 76.8 cm³/mol. The number of nitrogens with zero attached hydrogens (tertiary/aromatic N) is 2. The Kier molecular flexibility index (Phi) is 3.57. The molecule has 2 aromatic rings. The zero-order chi connectivity index (χ0) is 14.8. The van der Waals surface area contributed by atoms with Crippen LogP contribution in [-0.2, 0) is 12.8 Å². The summed E-state index contributed by atoms with van der Waals surface area (Å²) in [6.45, 7) is 1.83. The number of hydrogen-bond acceptors (Lipinski definition) is 3. The van der Waals surface area contributed by atoms with Gasteiger partial charge in [0.2, 0.25) is 5.88 Å². The minimum Gasteiger partial charge on any atom is -0.437 e. The highest BCUT2D eigenvalue weighted by molar-refractivity contribution is 5.46. The highest BCUT2D eigenvalue weighted by Crippen LogP contribution is 2.30. The minimum absolute atomic E-state index is 0.270. The van der Waals surface area contributed by atoms with Crippen molar-refractivity contribution >= 4 is 0 Å². The van der Waals surface area contributed by atoms with E-state index in [9.17, 15) is 9.65 Å². The van der Waals surface area contributed by atoms with Gasteiger partial charge in [-0.2, -0.15) is 5.26 Å². The largest absolute Gasteiger partial charge is 0.437 e. The zero-order valence-electron chi connectivity index (χ0n) is 11.8. The van der Waals surface area contributed by atoms with Crippen LogP contribution in [-0.4, -0.2) is 4.98 Å². The second-order valence-corrected chi connectivity index (χ2v) is 5.28. The molecule has 0 bridgehead atoms. The van der Waals surface area contributed by atoms with E-state index in [1.165, 1.54) is 12.1 Å². The van der Waals surface area contributed by atoms with Crippen molar-refractivity contribution in [1.82, 2.24) is 4.98 Å². The molecule has 1 aliphatic rings. The Morgan fingerprint density at radius 2 is 2.05 bits per heavy atom. The van der Waals surface area contributed by atoms with Crippen molar-refractivity contribution in [3.8, 4) is 17.7 Å². The van der Waals surface area contributed by atoms with Gasteiger partial charge < -0.3 is 4.74 Å².